The van der Waals surface area contributed by atoms with Crippen molar-refractivity contribution in [1.29, 1.82) is 0 Å². The normalized spacial score (nSPS) is 38.0. The Labute approximate surface area is 86.5 Å². The van der Waals surface area contributed by atoms with Gasteiger partial charge in [-0.05, 0) is 43.9 Å². The van der Waals surface area contributed by atoms with E-state index in [9.17, 15) is 4.79 Å². The Balaban J connectivity index is 1.81. The third kappa shape index (κ3) is 2.49. The minimum absolute atomic E-state index is 0.316. The van der Waals surface area contributed by atoms with Crippen LogP contribution in [0, 0.1) is 17.8 Å². The number of amides is 1. The van der Waals surface area contributed by atoms with Crippen molar-refractivity contribution in [2.45, 2.75) is 52.0 Å². The van der Waals surface area contributed by atoms with Gasteiger partial charge in [-0.3, -0.25) is 4.79 Å². The molecule has 0 heterocycles. The summed E-state index contributed by atoms with van der Waals surface area (Å²) < 4.78 is 0. The van der Waals surface area contributed by atoms with E-state index < -0.39 is 0 Å². The van der Waals surface area contributed by atoms with Crippen LogP contribution in [0.3, 0.4) is 0 Å². The number of hydrogen-bond acceptors (Lipinski definition) is 1. The van der Waals surface area contributed by atoms with Crippen LogP contribution in [-0.2, 0) is 4.79 Å². The third-order valence-corrected chi connectivity index (χ3v) is 3.47. The van der Waals surface area contributed by atoms with Crippen molar-refractivity contribution in [1.82, 2.24) is 5.32 Å². The molecule has 0 aliphatic heterocycles. The summed E-state index contributed by atoms with van der Waals surface area (Å²) in [6.07, 6.45) is 5.93. The Morgan fingerprint density at radius 2 is 1.64 bits per heavy atom. The molecule has 80 valence electrons. The van der Waals surface area contributed by atoms with Crippen LogP contribution >= 0.6 is 0 Å². The number of hydrogen-bond donors (Lipinski definition) is 1. The van der Waals surface area contributed by atoms with Crippen LogP contribution in [0.5, 0.6) is 0 Å². The van der Waals surface area contributed by atoms with Crippen LogP contribution in [0.15, 0.2) is 0 Å². The van der Waals surface area contributed by atoms with Crippen LogP contribution in [0.4, 0.5) is 0 Å². The van der Waals surface area contributed by atoms with Crippen molar-refractivity contribution in [3.05, 3.63) is 0 Å². The van der Waals surface area contributed by atoms with Crippen LogP contribution in [-0.4, -0.2) is 11.9 Å². The molecule has 2 heteroatoms. The molecule has 2 atom stereocenters. The lowest BCUT2D eigenvalue weighted by molar-refractivity contribution is -0.123. The third-order valence-electron chi connectivity index (χ3n) is 3.47. The quantitative estimate of drug-likeness (QED) is 0.720. The Kier molecular flexibility index (Phi) is 2.80. The molecule has 1 amide bonds. The van der Waals surface area contributed by atoms with Crippen LogP contribution in [0.25, 0.3) is 0 Å². The fourth-order valence-corrected chi connectivity index (χ4v) is 2.73. The van der Waals surface area contributed by atoms with E-state index >= 15 is 0 Å². The first-order valence-electron chi connectivity index (χ1n) is 5.95. The SMILES string of the molecule is CC1CC(C)CC(NC(=O)C2CC2)C1. The molecule has 1 N–H and O–H groups in total. The molecule has 0 bridgehead atoms. The second kappa shape index (κ2) is 3.92. The Hall–Kier alpha value is -0.530. The van der Waals surface area contributed by atoms with E-state index in [2.05, 4.69) is 19.2 Å². The summed E-state index contributed by atoms with van der Waals surface area (Å²) in [5, 5.41) is 3.20. The number of carbonyl (C=O) groups excluding carboxylic acids is 1. The number of nitrogens with one attached hydrogen (secondary N) is 1. The minimum atomic E-state index is 0.316. The predicted octanol–water partition coefficient (Wildman–Crippen LogP) is 2.34. The monoisotopic (exact) mass is 195 g/mol. The molecule has 2 unspecified atom stereocenters. The molecule has 0 saturated heterocycles. The highest BCUT2D eigenvalue weighted by Gasteiger charge is 2.32. The zero-order chi connectivity index (χ0) is 10.1. The highest BCUT2D eigenvalue weighted by molar-refractivity contribution is 5.81. The summed E-state index contributed by atoms with van der Waals surface area (Å²) in [5.74, 6) is 2.24. The first-order chi connectivity index (χ1) is 6.65. The van der Waals surface area contributed by atoms with Crippen molar-refractivity contribution in [2.24, 2.45) is 17.8 Å². The molecule has 0 aromatic carbocycles. The van der Waals surface area contributed by atoms with Gasteiger partial charge in [0.1, 0.15) is 0 Å². The average molecular weight is 195 g/mol. The van der Waals surface area contributed by atoms with Gasteiger partial charge in [0.25, 0.3) is 0 Å². The van der Waals surface area contributed by atoms with E-state index in [0.29, 0.717) is 17.9 Å². The maximum Gasteiger partial charge on any atom is 0.223 e. The summed E-state index contributed by atoms with van der Waals surface area (Å²) in [5.41, 5.74) is 0. The topological polar surface area (TPSA) is 29.1 Å². The van der Waals surface area contributed by atoms with Crippen molar-refractivity contribution >= 4 is 5.91 Å². The maximum absolute atomic E-state index is 11.6. The largest absolute Gasteiger partial charge is 0.353 e. The zero-order valence-electron chi connectivity index (χ0n) is 9.25. The molecule has 2 fully saturated rings. The molecule has 0 radical (unpaired) electrons. The van der Waals surface area contributed by atoms with Crippen LogP contribution in [0.2, 0.25) is 0 Å². The summed E-state index contributed by atoms with van der Waals surface area (Å²) >= 11 is 0. The molecule has 2 aliphatic carbocycles. The summed E-state index contributed by atoms with van der Waals surface area (Å²) in [4.78, 5) is 11.6. The van der Waals surface area contributed by atoms with Gasteiger partial charge in [0.15, 0.2) is 0 Å². The lowest BCUT2D eigenvalue weighted by Gasteiger charge is -2.32. The highest BCUT2D eigenvalue weighted by Crippen LogP contribution is 2.32. The molecule has 0 aromatic heterocycles. The second-order valence-electron chi connectivity index (χ2n) is 5.40. The van der Waals surface area contributed by atoms with Gasteiger partial charge in [-0.1, -0.05) is 13.8 Å². The molecule has 0 spiro atoms. The van der Waals surface area contributed by atoms with E-state index in [1.54, 1.807) is 0 Å². The predicted molar refractivity (Wildman–Crippen MR) is 56.8 cm³/mol. The molecular weight excluding hydrogens is 174 g/mol. The molecule has 2 saturated carbocycles. The fourth-order valence-electron chi connectivity index (χ4n) is 2.73. The van der Waals surface area contributed by atoms with Crippen molar-refractivity contribution < 1.29 is 4.79 Å². The van der Waals surface area contributed by atoms with E-state index in [1.165, 1.54) is 19.3 Å². The smallest absolute Gasteiger partial charge is 0.223 e. The zero-order valence-corrected chi connectivity index (χ0v) is 9.25. The first-order valence-corrected chi connectivity index (χ1v) is 5.95. The minimum Gasteiger partial charge on any atom is -0.353 e. The Bertz CT molecular complexity index is 212. The van der Waals surface area contributed by atoms with E-state index in [-0.39, 0.29) is 0 Å². The summed E-state index contributed by atoms with van der Waals surface area (Å²) in [6.45, 7) is 4.60. The molecule has 2 aliphatic rings. The summed E-state index contributed by atoms with van der Waals surface area (Å²) in [6, 6.07) is 0.460. The second-order valence-corrected chi connectivity index (χ2v) is 5.40. The number of rotatable bonds is 2. The van der Waals surface area contributed by atoms with Crippen LogP contribution in [0.1, 0.15) is 46.0 Å². The van der Waals surface area contributed by atoms with Gasteiger partial charge in [0, 0.05) is 12.0 Å². The lowest BCUT2D eigenvalue weighted by atomic mass is 9.80. The van der Waals surface area contributed by atoms with E-state index in [0.717, 1.165) is 24.7 Å². The molecule has 2 rings (SSSR count). The molecular formula is C12H21NO. The van der Waals surface area contributed by atoms with E-state index in [4.69, 9.17) is 0 Å². The average Bonchev–Trinajstić information content (AvgIpc) is 2.82. The number of carbonyl (C=O) groups is 1. The standard InChI is InChI=1S/C12H21NO/c1-8-5-9(2)7-11(6-8)13-12(14)10-3-4-10/h8-11H,3-7H2,1-2H3,(H,13,14). The van der Waals surface area contributed by atoms with Crippen molar-refractivity contribution in [3.63, 3.8) is 0 Å². The maximum atomic E-state index is 11.6. The lowest BCUT2D eigenvalue weighted by Crippen LogP contribution is -2.40. The molecule has 0 aromatic rings. The Morgan fingerprint density at radius 1 is 1.07 bits per heavy atom. The highest BCUT2D eigenvalue weighted by atomic mass is 16.2. The van der Waals surface area contributed by atoms with Gasteiger partial charge >= 0.3 is 0 Å². The summed E-state index contributed by atoms with van der Waals surface area (Å²) in [7, 11) is 0. The van der Waals surface area contributed by atoms with Gasteiger partial charge < -0.3 is 5.32 Å². The Morgan fingerprint density at radius 3 is 2.14 bits per heavy atom. The fraction of sp³-hybridized carbons (Fsp3) is 0.917. The molecule has 14 heavy (non-hydrogen) atoms. The van der Waals surface area contributed by atoms with Crippen molar-refractivity contribution in [2.75, 3.05) is 0 Å². The first kappa shape index (κ1) is 10.0. The van der Waals surface area contributed by atoms with Gasteiger partial charge in [0.05, 0.1) is 0 Å². The van der Waals surface area contributed by atoms with Crippen molar-refractivity contribution in [3.8, 4) is 0 Å². The van der Waals surface area contributed by atoms with Gasteiger partial charge in [-0.25, -0.2) is 0 Å². The van der Waals surface area contributed by atoms with E-state index in [1.807, 2.05) is 0 Å². The van der Waals surface area contributed by atoms with Crippen LogP contribution < -0.4 is 5.32 Å². The van der Waals surface area contributed by atoms with Gasteiger partial charge in [-0.2, -0.15) is 0 Å². The molecule has 2 nitrogen and oxygen atoms in total. The van der Waals surface area contributed by atoms with Gasteiger partial charge in [0.2, 0.25) is 5.91 Å². The van der Waals surface area contributed by atoms with Gasteiger partial charge in [-0.15, -0.1) is 0 Å².